The molecule has 178 valence electrons. The van der Waals surface area contributed by atoms with Crippen molar-refractivity contribution in [1.82, 2.24) is 4.90 Å². The third-order valence-electron chi connectivity index (χ3n) is 6.16. The Labute approximate surface area is 220 Å². The molecule has 0 spiro atoms. The van der Waals surface area contributed by atoms with Gasteiger partial charge in [-0.15, -0.1) is 11.8 Å². The zero-order chi connectivity index (χ0) is 24.5. The number of thioether (sulfide) groups is 1. The molecule has 0 bridgehead atoms. The summed E-state index contributed by atoms with van der Waals surface area (Å²) < 4.78 is 6.34. The molecule has 1 heterocycles. The SMILES string of the molecule is O=C(Nc1cc(I)cc(C(=O)N2CSC[C@H]2C(=O)O)c1)OCC1c2ccccc2-c2ccccc21. The zero-order valence-electron chi connectivity index (χ0n) is 18.4. The van der Waals surface area contributed by atoms with E-state index in [0.29, 0.717) is 22.9 Å². The predicted octanol–water partition coefficient (Wildman–Crippen LogP) is 5.25. The summed E-state index contributed by atoms with van der Waals surface area (Å²) in [6.45, 7) is 0.181. The van der Waals surface area contributed by atoms with Crippen LogP contribution in [0.5, 0.6) is 0 Å². The van der Waals surface area contributed by atoms with E-state index in [1.165, 1.54) is 16.7 Å². The summed E-state index contributed by atoms with van der Waals surface area (Å²) in [5, 5.41) is 12.1. The van der Waals surface area contributed by atoms with Gasteiger partial charge in [0.1, 0.15) is 12.6 Å². The average molecular weight is 600 g/mol. The minimum Gasteiger partial charge on any atom is -0.480 e. The molecule has 9 heteroatoms. The van der Waals surface area contributed by atoms with Crippen LogP contribution >= 0.6 is 34.4 Å². The number of anilines is 1. The molecule has 1 aliphatic carbocycles. The molecule has 1 aliphatic heterocycles. The molecule has 3 aromatic rings. The summed E-state index contributed by atoms with van der Waals surface area (Å²) in [5.41, 5.74) is 5.28. The van der Waals surface area contributed by atoms with Crippen LogP contribution in [-0.2, 0) is 9.53 Å². The van der Waals surface area contributed by atoms with E-state index in [1.54, 1.807) is 18.2 Å². The molecular formula is C26H21IN2O5S. The first-order valence-corrected chi connectivity index (χ1v) is 13.2. The smallest absolute Gasteiger partial charge is 0.411 e. The van der Waals surface area contributed by atoms with Crippen molar-refractivity contribution in [1.29, 1.82) is 0 Å². The topological polar surface area (TPSA) is 95.9 Å². The number of carboxylic acid groups (broad SMARTS) is 1. The van der Waals surface area contributed by atoms with Crippen LogP contribution in [-0.4, -0.2) is 52.3 Å². The van der Waals surface area contributed by atoms with Crippen LogP contribution in [0, 0.1) is 3.57 Å². The highest BCUT2D eigenvalue weighted by molar-refractivity contribution is 14.1. The van der Waals surface area contributed by atoms with Crippen molar-refractivity contribution in [3.63, 3.8) is 0 Å². The van der Waals surface area contributed by atoms with Gasteiger partial charge in [-0.3, -0.25) is 10.1 Å². The number of fused-ring (bicyclic) bond motifs is 3. The van der Waals surface area contributed by atoms with Gasteiger partial charge in [-0.05, 0) is 63.0 Å². The second kappa shape index (κ2) is 9.90. The minimum absolute atomic E-state index is 0.0539. The maximum Gasteiger partial charge on any atom is 0.411 e. The number of carbonyl (C=O) groups excluding carboxylic acids is 2. The molecule has 0 radical (unpaired) electrons. The van der Waals surface area contributed by atoms with Gasteiger partial charge in [-0.25, -0.2) is 9.59 Å². The fourth-order valence-electron chi connectivity index (χ4n) is 4.55. The van der Waals surface area contributed by atoms with E-state index in [9.17, 15) is 19.5 Å². The fraction of sp³-hybridized carbons (Fsp3) is 0.192. The molecule has 3 aromatic carbocycles. The Morgan fingerprint density at radius 1 is 1.03 bits per heavy atom. The Bertz CT molecular complexity index is 1290. The lowest BCUT2D eigenvalue weighted by molar-refractivity contribution is -0.140. The monoisotopic (exact) mass is 600 g/mol. The fourth-order valence-corrected chi connectivity index (χ4v) is 6.37. The normalized spacial score (nSPS) is 16.5. The van der Waals surface area contributed by atoms with Crippen molar-refractivity contribution in [2.24, 2.45) is 0 Å². The van der Waals surface area contributed by atoms with Crippen molar-refractivity contribution in [2.75, 3.05) is 23.6 Å². The van der Waals surface area contributed by atoms with Gasteiger partial charge in [0.15, 0.2) is 0 Å². The van der Waals surface area contributed by atoms with Crippen LogP contribution < -0.4 is 5.32 Å². The summed E-state index contributed by atoms with van der Waals surface area (Å²) in [4.78, 5) is 38.5. The average Bonchev–Trinajstić information content (AvgIpc) is 3.45. The number of rotatable bonds is 5. The van der Waals surface area contributed by atoms with Crippen LogP contribution in [0.15, 0.2) is 66.7 Å². The maximum absolute atomic E-state index is 13.0. The zero-order valence-corrected chi connectivity index (χ0v) is 21.4. The number of hydrogen-bond donors (Lipinski definition) is 2. The maximum atomic E-state index is 13.0. The minimum atomic E-state index is -1.02. The molecule has 35 heavy (non-hydrogen) atoms. The van der Waals surface area contributed by atoms with Gasteiger partial charge in [0.25, 0.3) is 5.91 Å². The van der Waals surface area contributed by atoms with Crippen LogP contribution in [0.3, 0.4) is 0 Å². The Hall–Kier alpha value is -3.05. The van der Waals surface area contributed by atoms with Crippen LogP contribution in [0.1, 0.15) is 27.4 Å². The Balaban J connectivity index is 1.28. The van der Waals surface area contributed by atoms with Gasteiger partial charge in [0.05, 0.1) is 5.88 Å². The second-order valence-corrected chi connectivity index (χ2v) is 10.6. The van der Waals surface area contributed by atoms with E-state index < -0.39 is 18.1 Å². The Morgan fingerprint density at radius 2 is 1.69 bits per heavy atom. The molecule has 0 unspecified atom stereocenters. The van der Waals surface area contributed by atoms with Crippen molar-refractivity contribution < 1.29 is 24.2 Å². The molecule has 1 fully saturated rings. The van der Waals surface area contributed by atoms with E-state index in [4.69, 9.17) is 4.74 Å². The quantitative estimate of drug-likeness (QED) is 0.389. The number of carboxylic acids is 1. The molecule has 1 saturated heterocycles. The molecule has 0 aromatic heterocycles. The highest BCUT2D eigenvalue weighted by Crippen LogP contribution is 2.44. The van der Waals surface area contributed by atoms with Gasteiger partial charge in [-0.2, -0.15) is 0 Å². The number of carbonyl (C=O) groups is 3. The number of nitrogens with zero attached hydrogens (tertiary/aromatic N) is 1. The molecule has 1 atom stereocenters. The lowest BCUT2D eigenvalue weighted by Crippen LogP contribution is -2.41. The molecule has 2 N–H and O–H groups in total. The summed E-state index contributed by atoms with van der Waals surface area (Å²) >= 11 is 3.46. The van der Waals surface area contributed by atoms with E-state index in [0.717, 1.165) is 25.8 Å². The summed E-state index contributed by atoms with van der Waals surface area (Å²) in [6.07, 6.45) is -0.618. The highest BCUT2D eigenvalue weighted by atomic mass is 127. The summed E-state index contributed by atoms with van der Waals surface area (Å²) in [7, 11) is 0. The second-order valence-electron chi connectivity index (χ2n) is 8.31. The Morgan fingerprint density at radius 3 is 2.34 bits per heavy atom. The first kappa shape index (κ1) is 23.7. The molecule has 2 aliphatic rings. The van der Waals surface area contributed by atoms with E-state index in [-0.39, 0.29) is 18.4 Å². The van der Waals surface area contributed by atoms with Gasteiger partial charge >= 0.3 is 12.1 Å². The third kappa shape index (κ3) is 4.74. The van der Waals surface area contributed by atoms with Gasteiger partial charge < -0.3 is 14.7 Å². The predicted molar refractivity (Wildman–Crippen MR) is 143 cm³/mol. The Kier molecular flexibility index (Phi) is 6.70. The largest absolute Gasteiger partial charge is 0.480 e. The lowest BCUT2D eigenvalue weighted by Gasteiger charge is -2.21. The van der Waals surface area contributed by atoms with Crippen LogP contribution in [0.2, 0.25) is 0 Å². The first-order valence-electron chi connectivity index (χ1n) is 11.0. The van der Waals surface area contributed by atoms with E-state index in [2.05, 4.69) is 52.2 Å². The number of benzene rings is 3. The van der Waals surface area contributed by atoms with Gasteiger partial charge in [0, 0.05) is 26.5 Å². The number of halogens is 1. The number of aliphatic carboxylic acids is 1. The van der Waals surface area contributed by atoms with Crippen molar-refractivity contribution in [2.45, 2.75) is 12.0 Å². The number of ether oxygens (including phenoxy) is 1. The van der Waals surface area contributed by atoms with E-state index >= 15 is 0 Å². The number of amides is 2. The van der Waals surface area contributed by atoms with Crippen molar-refractivity contribution >= 4 is 58.0 Å². The molecular weight excluding hydrogens is 579 g/mol. The summed E-state index contributed by atoms with van der Waals surface area (Å²) in [5.74, 6) is -0.781. The van der Waals surface area contributed by atoms with E-state index in [1.807, 2.05) is 24.3 Å². The highest BCUT2D eigenvalue weighted by Gasteiger charge is 2.35. The number of nitrogens with one attached hydrogen (secondary N) is 1. The van der Waals surface area contributed by atoms with Crippen molar-refractivity contribution in [3.05, 3.63) is 87.0 Å². The van der Waals surface area contributed by atoms with Crippen LogP contribution in [0.4, 0.5) is 10.5 Å². The van der Waals surface area contributed by atoms with Gasteiger partial charge in [0.2, 0.25) is 0 Å². The van der Waals surface area contributed by atoms with Gasteiger partial charge in [-0.1, -0.05) is 48.5 Å². The molecule has 5 rings (SSSR count). The first-order chi connectivity index (χ1) is 16.9. The lowest BCUT2D eigenvalue weighted by atomic mass is 9.98. The summed E-state index contributed by atoms with van der Waals surface area (Å²) in [6, 6.07) is 20.3. The van der Waals surface area contributed by atoms with Crippen LogP contribution in [0.25, 0.3) is 11.1 Å². The molecule has 7 nitrogen and oxygen atoms in total. The number of hydrogen-bond acceptors (Lipinski definition) is 5. The van der Waals surface area contributed by atoms with Crippen molar-refractivity contribution in [3.8, 4) is 11.1 Å². The third-order valence-corrected chi connectivity index (χ3v) is 7.80. The molecule has 2 amide bonds. The standard InChI is InChI=1S/C26H21IN2O5S/c27-16-9-15(24(30)29-14-35-13-23(29)25(31)32)10-17(11-16)28-26(33)34-12-22-20-7-3-1-5-18(20)19-6-2-4-8-21(19)22/h1-11,22-23H,12-14H2,(H,28,33)(H,31,32)/t23-/m0/s1. The molecule has 0 saturated carbocycles.